The van der Waals surface area contributed by atoms with Crippen LogP contribution in [-0.2, 0) is 4.74 Å². The van der Waals surface area contributed by atoms with Gasteiger partial charge in [0.15, 0.2) is 0 Å². The summed E-state index contributed by atoms with van der Waals surface area (Å²) in [5, 5.41) is 0. The molecule has 0 spiro atoms. The minimum absolute atomic E-state index is 0.306. The predicted molar refractivity (Wildman–Crippen MR) is 74.7 cm³/mol. The number of nitrogens with zero attached hydrogens (tertiary/aromatic N) is 1. The van der Waals surface area contributed by atoms with E-state index in [-0.39, 0.29) is 0 Å². The van der Waals surface area contributed by atoms with Crippen LogP contribution in [0.2, 0.25) is 0 Å². The first-order valence-corrected chi connectivity index (χ1v) is 6.46. The molecule has 1 aromatic carbocycles. The Bertz CT molecular complexity index is 333. The molecule has 0 fully saturated rings. The molecule has 0 unspecified atom stereocenters. The molecule has 1 aromatic rings. The van der Waals surface area contributed by atoms with Crippen molar-refractivity contribution in [3.63, 3.8) is 0 Å². The fourth-order valence-electron chi connectivity index (χ4n) is 1.93. The van der Waals surface area contributed by atoms with Gasteiger partial charge in [0, 0.05) is 18.3 Å². The summed E-state index contributed by atoms with van der Waals surface area (Å²) in [5.41, 5.74) is 2.64. The van der Waals surface area contributed by atoms with Gasteiger partial charge in [0.25, 0.3) is 0 Å². The van der Waals surface area contributed by atoms with E-state index >= 15 is 0 Å². The SMILES string of the molecule is Cc1ccccc1N(CCOC(C)C)C(C)C. The number of aryl methyl sites for hydroxylation is 1. The maximum absolute atomic E-state index is 5.64. The van der Waals surface area contributed by atoms with E-state index in [1.165, 1.54) is 11.3 Å². The Morgan fingerprint density at radius 3 is 2.29 bits per heavy atom. The first-order valence-electron chi connectivity index (χ1n) is 6.46. The second kappa shape index (κ2) is 6.65. The molecular formula is C15H25NO. The summed E-state index contributed by atoms with van der Waals surface area (Å²) in [6, 6.07) is 9.02. The van der Waals surface area contributed by atoms with Crippen LogP contribution in [0.4, 0.5) is 5.69 Å². The number of anilines is 1. The van der Waals surface area contributed by atoms with Gasteiger partial charge in [-0.15, -0.1) is 0 Å². The average molecular weight is 235 g/mol. The predicted octanol–water partition coefficient (Wildman–Crippen LogP) is 3.63. The lowest BCUT2D eigenvalue weighted by Crippen LogP contribution is -2.34. The van der Waals surface area contributed by atoms with Crippen LogP contribution in [-0.4, -0.2) is 25.3 Å². The van der Waals surface area contributed by atoms with Crippen LogP contribution in [0.1, 0.15) is 33.3 Å². The van der Waals surface area contributed by atoms with Crippen molar-refractivity contribution in [3.8, 4) is 0 Å². The molecule has 0 saturated carbocycles. The second-order valence-electron chi connectivity index (χ2n) is 4.99. The highest BCUT2D eigenvalue weighted by Gasteiger charge is 2.12. The molecule has 96 valence electrons. The normalized spacial score (nSPS) is 11.2. The molecule has 0 aliphatic heterocycles. The van der Waals surface area contributed by atoms with E-state index in [0.29, 0.717) is 12.1 Å². The highest BCUT2D eigenvalue weighted by molar-refractivity contribution is 5.53. The summed E-state index contributed by atoms with van der Waals surface area (Å²) in [6.07, 6.45) is 0.306. The van der Waals surface area contributed by atoms with Gasteiger partial charge in [-0.25, -0.2) is 0 Å². The summed E-state index contributed by atoms with van der Waals surface area (Å²) in [5.74, 6) is 0. The van der Waals surface area contributed by atoms with Crippen LogP contribution in [0, 0.1) is 6.92 Å². The monoisotopic (exact) mass is 235 g/mol. The first-order chi connectivity index (χ1) is 8.02. The fraction of sp³-hybridized carbons (Fsp3) is 0.600. The molecule has 0 radical (unpaired) electrons. The summed E-state index contributed by atoms with van der Waals surface area (Å²) in [7, 11) is 0. The molecule has 0 aliphatic carbocycles. The Morgan fingerprint density at radius 2 is 1.76 bits per heavy atom. The van der Waals surface area contributed by atoms with Gasteiger partial charge in [-0.2, -0.15) is 0 Å². The van der Waals surface area contributed by atoms with E-state index in [4.69, 9.17) is 4.74 Å². The summed E-state index contributed by atoms with van der Waals surface area (Å²) in [6.45, 7) is 12.5. The third-order valence-corrected chi connectivity index (χ3v) is 2.83. The summed E-state index contributed by atoms with van der Waals surface area (Å²) in [4.78, 5) is 2.40. The van der Waals surface area contributed by atoms with E-state index in [1.54, 1.807) is 0 Å². The van der Waals surface area contributed by atoms with Crippen LogP contribution in [0.5, 0.6) is 0 Å². The summed E-state index contributed by atoms with van der Waals surface area (Å²) >= 11 is 0. The molecule has 0 aliphatic rings. The molecule has 0 amide bonds. The Labute approximate surface area is 106 Å². The van der Waals surface area contributed by atoms with Crippen LogP contribution in [0.15, 0.2) is 24.3 Å². The zero-order valence-electron chi connectivity index (χ0n) is 11.7. The highest BCUT2D eigenvalue weighted by Crippen LogP contribution is 2.21. The van der Waals surface area contributed by atoms with Gasteiger partial charge < -0.3 is 9.64 Å². The van der Waals surface area contributed by atoms with Gasteiger partial charge in [-0.05, 0) is 46.2 Å². The largest absolute Gasteiger partial charge is 0.377 e. The zero-order valence-corrected chi connectivity index (χ0v) is 11.7. The number of para-hydroxylation sites is 1. The molecule has 0 saturated heterocycles. The van der Waals surface area contributed by atoms with Crippen molar-refractivity contribution >= 4 is 5.69 Å². The van der Waals surface area contributed by atoms with Crippen LogP contribution in [0.25, 0.3) is 0 Å². The second-order valence-corrected chi connectivity index (χ2v) is 4.99. The number of benzene rings is 1. The van der Waals surface area contributed by atoms with Crippen molar-refractivity contribution in [3.05, 3.63) is 29.8 Å². The Hall–Kier alpha value is -1.02. The Morgan fingerprint density at radius 1 is 1.12 bits per heavy atom. The zero-order chi connectivity index (χ0) is 12.8. The molecule has 0 bridgehead atoms. The topological polar surface area (TPSA) is 12.5 Å². The van der Waals surface area contributed by atoms with Crippen molar-refractivity contribution in [2.24, 2.45) is 0 Å². The van der Waals surface area contributed by atoms with Gasteiger partial charge in [0.2, 0.25) is 0 Å². The van der Waals surface area contributed by atoms with Crippen LogP contribution >= 0.6 is 0 Å². The van der Waals surface area contributed by atoms with Crippen molar-refractivity contribution in [1.82, 2.24) is 0 Å². The molecular weight excluding hydrogens is 210 g/mol. The van der Waals surface area contributed by atoms with Gasteiger partial charge in [-0.3, -0.25) is 0 Å². The van der Waals surface area contributed by atoms with E-state index in [9.17, 15) is 0 Å². The molecule has 2 nitrogen and oxygen atoms in total. The lowest BCUT2D eigenvalue weighted by Gasteiger charge is -2.30. The standard InChI is InChI=1S/C15H25NO/c1-12(2)16(10-11-17-13(3)4)15-9-7-6-8-14(15)5/h6-9,12-13H,10-11H2,1-5H3. The van der Waals surface area contributed by atoms with Gasteiger partial charge >= 0.3 is 0 Å². The van der Waals surface area contributed by atoms with Gasteiger partial charge in [-0.1, -0.05) is 18.2 Å². The fourth-order valence-corrected chi connectivity index (χ4v) is 1.93. The Kier molecular flexibility index (Phi) is 5.49. The quantitative estimate of drug-likeness (QED) is 0.746. The maximum Gasteiger partial charge on any atom is 0.0645 e. The lowest BCUT2D eigenvalue weighted by atomic mass is 10.1. The maximum atomic E-state index is 5.64. The Balaban J connectivity index is 2.69. The molecule has 2 heteroatoms. The van der Waals surface area contributed by atoms with E-state index in [1.807, 2.05) is 0 Å². The number of ether oxygens (including phenoxy) is 1. The molecule has 0 N–H and O–H groups in total. The van der Waals surface area contributed by atoms with Crippen LogP contribution < -0.4 is 4.90 Å². The minimum Gasteiger partial charge on any atom is -0.377 e. The number of rotatable bonds is 6. The van der Waals surface area contributed by atoms with Crippen LogP contribution in [0.3, 0.4) is 0 Å². The molecule has 17 heavy (non-hydrogen) atoms. The molecule has 0 aromatic heterocycles. The lowest BCUT2D eigenvalue weighted by molar-refractivity contribution is 0.0834. The minimum atomic E-state index is 0.306. The van der Waals surface area contributed by atoms with Crippen molar-refractivity contribution in [2.75, 3.05) is 18.1 Å². The summed E-state index contributed by atoms with van der Waals surface area (Å²) < 4.78 is 5.64. The third-order valence-electron chi connectivity index (χ3n) is 2.83. The van der Waals surface area contributed by atoms with E-state index in [2.05, 4.69) is 63.8 Å². The average Bonchev–Trinajstić information content (AvgIpc) is 2.25. The smallest absolute Gasteiger partial charge is 0.0645 e. The number of hydrogen-bond acceptors (Lipinski definition) is 2. The highest BCUT2D eigenvalue weighted by atomic mass is 16.5. The van der Waals surface area contributed by atoms with Gasteiger partial charge in [0.05, 0.1) is 12.7 Å². The molecule has 0 heterocycles. The van der Waals surface area contributed by atoms with Crippen molar-refractivity contribution < 1.29 is 4.74 Å². The molecule has 0 atom stereocenters. The van der Waals surface area contributed by atoms with Crippen molar-refractivity contribution in [1.29, 1.82) is 0 Å². The number of hydrogen-bond donors (Lipinski definition) is 0. The van der Waals surface area contributed by atoms with E-state index < -0.39 is 0 Å². The van der Waals surface area contributed by atoms with E-state index in [0.717, 1.165) is 13.2 Å². The first kappa shape index (κ1) is 14.0. The molecule has 1 rings (SSSR count). The van der Waals surface area contributed by atoms with Gasteiger partial charge in [0.1, 0.15) is 0 Å². The third kappa shape index (κ3) is 4.39. The van der Waals surface area contributed by atoms with Crippen molar-refractivity contribution in [2.45, 2.75) is 46.8 Å².